The molecule has 5 saturated heterocycles. The second-order valence-corrected chi connectivity index (χ2v) is 18.7. The number of aliphatic carboxylic acids is 1. The molecule has 0 radical (unpaired) electrons. The van der Waals surface area contributed by atoms with Gasteiger partial charge in [0.05, 0.1) is 56.8 Å². The third-order valence-electron chi connectivity index (χ3n) is 14.4. The summed E-state index contributed by atoms with van der Waals surface area (Å²) in [4.78, 5) is 46.8. The van der Waals surface area contributed by atoms with Crippen LogP contribution in [0.2, 0.25) is 0 Å². The van der Waals surface area contributed by atoms with Crippen LogP contribution in [0.25, 0.3) is 31.3 Å². The summed E-state index contributed by atoms with van der Waals surface area (Å²) < 4.78 is 71.3. The van der Waals surface area contributed by atoms with E-state index in [4.69, 9.17) is 56.8 Å². The molecule has 0 aromatic heterocycles. The van der Waals surface area contributed by atoms with Crippen LogP contribution in [0.4, 0.5) is 0 Å². The van der Waals surface area contributed by atoms with Gasteiger partial charge in [-0.25, -0.2) is 9.59 Å². The average Bonchev–Trinajstić information content (AvgIpc) is 3.39. The molecule has 0 saturated carbocycles. The zero-order chi connectivity index (χ0) is 54.0. The Morgan fingerprint density at radius 1 is 0.600 bits per heavy atom. The number of ether oxygens (including phenoxy) is 12. The van der Waals surface area contributed by atoms with Gasteiger partial charge in [0, 0.05) is 33.7 Å². The zero-order valence-electron chi connectivity index (χ0n) is 41.1. The van der Waals surface area contributed by atoms with Gasteiger partial charge in [0.25, 0.3) is 0 Å². The van der Waals surface area contributed by atoms with Crippen LogP contribution in [0.1, 0.15) is 47.6 Å². The Morgan fingerprint density at radius 3 is 1.68 bits per heavy atom. The van der Waals surface area contributed by atoms with E-state index in [9.17, 15) is 61.6 Å². The Morgan fingerprint density at radius 2 is 1.11 bits per heavy atom. The number of carbonyl (C=O) groups is 3. The number of carboxylic acid groups (broad SMARTS) is 1. The van der Waals surface area contributed by atoms with Gasteiger partial charge in [0.15, 0.2) is 43.7 Å². The first-order valence-electron chi connectivity index (χ1n) is 23.8. The Hall–Kier alpha value is -4.88. The van der Waals surface area contributed by atoms with Crippen molar-refractivity contribution in [2.75, 3.05) is 26.9 Å². The predicted octanol–water partition coefficient (Wildman–Crippen LogP) is 1.72. The van der Waals surface area contributed by atoms with Crippen molar-refractivity contribution in [3.63, 3.8) is 0 Å². The molecular weight excluding hydrogens is 1000 g/mol. The van der Waals surface area contributed by atoms with E-state index in [1.807, 2.05) is 0 Å². The molecule has 10 unspecified atom stereocenters. The molecule has 6 rings (SSSR count). The molecule has 5 aliphatic heterocycles. The molecule has 5 fully saturated rings. The summed E-state index contributed by atoms with van der Waals surface area (Å²) >= 11 is 0. The number of esters is 1. The van der Waals surface area contributed by atoms with E-state index in [-0.39, 0.29) is 26.4 Å². The minimum atomic E-state index is -1.99. The summed E-state index contributed by atoms with van der Waals surface area (Å²) in [5.74, 6) is -6.58. The Labute approximate surface area is 430 Å². The maximum absolute atomic E-state index is 13.6. The number of azide groups is 3. The molecule has 75 heavy (non-hydrogen) atoms. The maximum atomic E-state index is 13.6. The maximum Gasteiger partial charge on any atom is 0.345 e. The number of carbonyl (C=O) groups excluding carboxylic acids is 2. The monoisotopic (exact) mass is 1070 g/mol. The number of aliphatic hydroxyl groups is 5. The lowest BCUT2D eigenvalue weighted by Crippen LogP contribution is -2.66. The predicted molar refractivity (Wildman–Crippen MR) is 249 cm³/mol. The molecule has 1 aromatic carbocycles. The summed E-state index contributed by atoms with van der Waals surface area (Å²) in [5.41, 5.74) is 29.1. The van der Waals surface area contributed by atoms with Crippen molar-refractivity contribution >= 4 is 18.4 Å². The molecule has 6 N–H and O–H groups in total. The smallest absolute Gasteiger partial charge is 0.345 e. The SMILES string of the molecule is C.CO[C@H]1OC(CO)[C@@H](O[C@@H]2OC(C(=O)O)[C@@H](O[C@H]3OC(CO)[C@@H](O[C@@H]4OC(C(=O)OC=O)[C@@H](O[C@H]5OC(CO)[C@@H](C)[C@H](C)C5N=[N+]=[N-])[C@H](C)C4OCc4ccccc4)[C@H](O)C3N=[N+]=[N-])[C@H](C)C2O)[C@H](C)C1N=[N+]=[N-]. The Kier molecular flexibility index (Phi) is 22.7. The number of carboxylic acids is 1. The van der Waals surface area contributed by atoms with Crippen LogP contribution in [-0.4, -0.2) is 199 Å². The zero-order valence-corrected chi connectivity index (χ0v) is 41.1. The van der Waals surface area contributed by atoms with Gasteiger partial charge in [-0.05, 0) is 39.9 Å². The molecular formula is C45H67N9O21. The standard InChI is InChI=1S/C44H63N9O21.CH4/c1-17-18(2)26(48-51-45)41(66-23(17)12-54)71-33-21(5)34(64-15-22-10-8-7-9-11-22)44(74-37(33)39(62)65-16-57)72-35-25(14-56)68-42(28(30(35)59)50-53-47)70-32-20(4)29(58)43(73-36(32)38(60)61)69-31-19(3)27(49-52-46)40(63-6)67-24(31)13-55;/h7-11,16-21,23-37,40-44,54-56,58-59H,12-15H2,1-6H3,(H,60,61);1H4/t17-,18-,19+,20+,21-,23?,24?,25?,26?,27?,28?,29?,30+,31-,32-,33-,34?,35+,36?,37?,40-,41+,42+,43+,44+;/m0./s1. The van der Waals surface area contributed by atoms with Crippen LogP contribution in [-0.2, 0) is 77.8 Å². The summed E-state index contributed by atoms with van der Waals surface area (Å²) in [6.07, 6.45) is -26.0. The van der Waals surface area contributed by atoms with Crippen LogP contribution in [0.5, 0.6) is 0 Å². The second kappa shape index (κ2) is 28.0. The molecule has 1 aromatic rings. The second-order valence-electron chi connectivity index (χ2n) is 18.7. The lowest BCUT2D eigenvalue weighted by atomic mass is 9.82. The van der Waals surface area contributed by atoms with Crippen LogP contribution >= 0.6 is 0 Å². The normalized spacial score (nSPS) is 41.8. The number of hydrogen-bond acceptors (Lipinski definition) is 23. The molecule has 0 amide bonds. The van der Waals surface area contributed by atoms with E-state index in [0.717, 1.165) is 0 Å². The van der Waals surface area contributed by atoms with Gasteiger partial charge in [-0.3, -0.25) is 4.79 Å². The highest BCUT2D eigenvalue weighted by molar-refractivity contribution is 5.81. The van der Waals surface area contributed by atoms with Gasteiger partial charge in [-0.15, -0.1) is 0 Å². The number of aliphatic hydroxyl groups excluding tert-OH is 5. The summed E-state index contributed by atoms with van der Waals surface area (Å²) in [6.45, 7) is 5.87. The quantitative estimate of drug-likeness (QED) is 0.0255. The van der Waals surface area contributed by atoms with Crippen LogP contribution in [0.3, 0.4) is 0 Å². The van der Waals surface area contributed by atoms with Crippen molar-refractivity contribution in [1.82, 2.24) is 0 Å². The fraction of sp³-hybridized carbons (Fsp3) is 0.800. The van der Waals surface area contributed by atoms with Crippen molar-refractivity contribution in [3.05, 3.63) is 67.2 Å². The molecule has 0 aliphatic carbocycles. The molecule has 0 bridgehead atoms. The van der Waals surface area contributed by atoms with E-state index < -0.39 is 178 Å². The molecule has 30 heteroatoms. The number of nitrogens with zero attached hydrogens (tertiary/aromatic N) is 9. The first-order valence-corrected chi connectivity index (χ1v) is 23.8. The van der Waals surface area contributed by atoms with Crippen molar-refractivity contribution < 1.29 is 102 Å². The van der Waals surface area contributed by atoms with Crippen molar-refractivity contribution in [1.29, 1.82) is 0 Å². The number of methoxy groups -OCH3 is 1. The van der Waals surface area contributed by atoms with Gasteiger partial charge in [-0.2, -0.15) is 0 Å². The minimum Gasteiger partial charge on any atom is -0.479 e. The van der Waals surface area contributed by atoms with Gasteiger partial charge in [0.2, 0.25) is 0 Å². The summed E-state index contributed by atoms with van der Waals surface area (Å²) in [6, 6.07) is 5.01. The molecule has 5 aliphatic rings. The molecule has 25 atom stereocenters. The Balaban J connectivity index is 0.0000104. The lowest BCUT2D eigenvalue weighted by Gasteiger charge is -2.50. The minimum absolute atomic E-state index is 0. The van der Waals surface area contributed by atoms with Crippen LogP contribution < -0.4 is 0 Å². The van der Waals surface area contributed by atoms with E-state index in [1.165, 1.54) is 14.0 Å². The highest BCUT2D eigenvalue weighted by Gasteiger charge is 2.57. The summed E-state index contributed by atoms with van der Waals surface area (Å²) in [5, 5.41) is 76.5. The first kappa shape index (κ1) is 61.0. The third-order valence-corrected chi connectivity index (χ3v) is 14.4. The van der Waals surface area contributed by atoms with E-state index >= 15 is 0 Å². The van der Waals surface area contributed by atoms with E-state index in [2.05, 4.69) is 30.1 Å². The molecule has 30 nitrogen and oxygen atoms in total. The number of rotatable bonds is 21. The van der Waals surface area contributed by atoms with E-state index in [1.54, 1.807) is 58.0 Å². The number of hydrogen-bond donors (Lipinski definition) is 6. The van der Waals surface area contributed by atoms with Crippen LogP contribution in [0.15, 0.2) is 45.7 Å². The molecule has 418 valence electrons. The van der Waals surface area contributed by atoms with Gasteiger partial charge < -0.3 is 87.5 Å². The topological polar surface area (TPSA) is 430 Å². The lowest BCUT2D eigenvalue weighted by molar-refractivity contribution is -0.369. The van der Waals surface area contributed by atoms with E-state index in [0.29, 0.717) is 5.56 Å². The molecule has 5 heterocycles. The first-order chi connectivity index (χ1) is 35.5. The fourth-order valence-corrected chi connectivity index (χ4v) is 9.98. The Bertz CT molecular complexity index is 2180. The van der Waals surface area contributed by atoms with Gasteiger partial charge in [0.1, 0.15) is 48.8 Å². The third kappa shape index (κ3) is 13.5. The van der Waals surface area contributed by atoms with Gasteiger partial charge in [-0.1, -0.05) is 87.7 Å². The average molecular weight is 1070 g/mol. The fourth-order valence-electron chi connectivity index (χ4n) is 9.98. The van der Waals surface area contributed by atoms with Gasteiger partial charge >= 0.3 is 18.4 Å². The van der Waals surface area contributed by atoms with Crippen molar-refractivity contribution in [3.8, 4) is 0 Å². The summed E-state index contributed by atoms with van der Waals surface area (Å²) in [7, 11) is 1.30. The molecule has 0 spiro atoms. The number of benzene rings is 1. The van der Waals surface area contributed by atoms with Crippen molar-refractivity contribution in [2.24, 2.45) is 44.9 Å². The highest BCUT2D eigenvalue weighted by Crippen LogP contribution is 2.42. The largest absolute Gasteiger partial charge is 0.479 e. The van der Waals surface area contributed by atoms with Crippen molar-refractivity contribution in [2.45, 2.75) is 171 Å². The highest BCUT2D eigenvalue weighted by atomic mass is 16.8. The van der Waals surface area contributed by atoms with Crippen LogP contribution in [0, 0.1) is 29.6 Å².